The van der Waals surface area contributed by atoms with Crippen molar-refractivity contribution in [2.75, 3.05) is 0 Å². The van der Waals surface area contributed by atoms with Gasteiger partial charge in [-0.2, -0.15) is 0 Å². The largest absolute Gasteiger partial charge is 0.909 e. The lowest BCUT2D eigenvalue weighted by Crippen LogP contribution is -2.65. The summed E-state index contributed by atoms with van der Waals surface area (Å²) >= 11 is -2.77. The van der Waals surface area contributed by atoms with Crippen LogP contribution in [-0.4, -0.2) is 107 Å². The number of rotatable bonds is 22. The van der Waals surface area contributed by atoms with Crippen molar-refractivity contribution >= 4 is 42.3 Å². The SMILES string of the molecule is CC(C)O[Si]([OH2+])(OC(C)C)OC(C)C.CC(C)[O][Al-]([O]C(C)C)[O][Si](OC(C)C)(OC(C)C)O[Si](O)(OC(C)C)OC(C)C. The molecule has 0 saturated heterocycles. The molecule has 0 rings (SSSR count). The Labute approximate surface area is 276 Å². The lowest BCUT2D eigenvalue weighted by atomic mass is 10.5. The highest BCUT2D eigenvalue weighted by molar-refractivity contribution is 6.71. The van der Waals surface area contributed by atoms with Gasteiger partial charge in [0, 0.05) is 24.4 Å². The van der Waals surface area contributed by atoms with Gasteiger partial charge in [0.15, 0.2) is 0 Å². The molecule has 13 nitrogen and oxygen atoms in total. The summed E-state index contributed by atoms with van der Waals surface area (Å²) in [5.74, 6) is 0. The van der Waals surface area contributed by atoms with E-state index in [-0.39, 0.29) is 54.9 Å². The smallest absolute Gasteiger partial charge is 0.632 e. The van der Waals surface area contributed by atoms with E-state index in [1.54, 1.807) is 27.7 Å². The van der Waals surface area contributed by atoms with Crippen LogP contribution in [-0.2, 0) is 46.2 Å². The van der Waals surface area contributed by atoms with Crippen LogP contribution in [0.15, 0.2) is 0 Å². The van der Waals surface area contributed by atoms with Crippen molar-refractivity contribution < 1.29 is 55.7 Å². The Morgan fingerprint density at radius 2 is 0.705 bits per heavy atom. The molecule has 0 aliphatic rings. The molecule has 0 unspecified atom stereocenters. The van der Waals surface area contributed by atoms with Gasteiger partial charge in [-0.05, 0) is 137 Å². The minimum Gasteiger partial charge on any atom is -0.632 e. The van der Waals surface area contributed by atoms with Gasteiger partial charge < -0.3 is 55.7 Å². The number of hydrogen-bond donors (Lipinski definition) is 1. The van der Waals surface area contributed by atoms with Crippen LogP contribution in [0.5, 0.6) is 0 Å². The fraction of sp³-hybridized carbons (Fsp3) is 1.00. The average molecular weight is 710 g/mol. The Morgan fingerprint density at radius 3 is 0.932 bits per heavy atom. The Morgan fingerprint density at radius 1 is 0.432 bits per heavy atom. The van der Waals surface area contributed by atoms with Crippen LogP contribution in [0.1, 0.15) is 125 Å². The zero-order valence-electron chi connectivity index (χ0n) is 30.7. The molecule has 17 heteroatoms. The highest BCUT2D eigenvalue weighted by Gasteiger charge is 2.58. The lowest BCUT2D eigenvalue weighted by molar-refractivity contribution is -0.0779. The Kier molecular flexibility index (Phi) is 23.7. The van der Waals surface area contributed by atoms with E-state index in [2.05, 4.69) is 0 Å². The zero-order valence-corrected chi connectivity index (χ0v) is 34.9. The van der Waals surface area contributed by atoms with Crippen LogP contribution < -0.4 is 0 Å². The first-order chi connectivity index (χ1) is 19.8. The minimum absolute atomic E-state index is 0.0448. The second kappa shape index (κ2) is 22.3. The van der Waals surface area contributed by atoms with Gasteiger partial charge in [-0.15, -0.1) is 0 Å². The molecule has 0 bridgehead atoms. The number of hydrogen-bond acceptors (Lipinski definition) is 12. The van der Waals surface area contributed by atoms with Crippen LogP contribution >= 0.6 is 0 Å². The third kappa shape index (κ3) is 24.8. The van der Waals surface area contributed by atoms with Crippen molar-refractivity contribution in [2.45, 2.75) is 180 Å². The highest BCUT2D eigenvalue weighted by atomic mass is 28.5. The molecule has 0 amide bonds. The molecule has 0 fully saturated rings. The van der Waals surface area contributed by atoms with Crippen molar-refractivity contribution in [3.8, 4) is 0 Å². The zero-order chi connectivity index (χ0) is 35.1. The molecule has 0 heterocycles. The molecule has 267 valence electrons. The van der Waals surface area contributed by atoms with Gasteiger partial charge in [-0.1, -0.05) is 0 Å². The third-order valence-corrected chi connectivity index (χ3v) is 14.9. The topological polar surface area (TPSA) is 145 Å². The lowest BCUT2D eigenvalue weighted by Gasteiger charge is -2.44. The van der Waals surface area contributed by atoms with Crippen molar-refractivity contribution in [2.24, 2.45) is 0 Å². The van der Waals surface area contributed by atoms with Gasteiger partial charge in [-0.3, -0.25) is 0 Å². The molecule has 44 heavy (non-hydrogen) atoms. The summed E-state index contributed by atoms with van der Waals surface area (Å²) in [6.07, 6.45) is -1.75. The highest BCUT2D eigenvalue weighted by Crippen LogP contribution is 2.26. The first-order valence-corrected chi connectivity index (χ1v) is 22.2. The monoisotopic (exact) mass is 709 g/mol. The van der Waals surface area contributed by atoms with Crippen molar-refractivity contribution in [1.82, 2.24) is 0 Å². The van der Waals surface area contributed by atoms with Crippen molar-refractivity contribution in [3.05, 3.63) is 0 Å². The Bertz CT molecular complexity index is 673. The molecule has 3 N–H and O–H groups in total. The predicted molar refractivity (Wildman–Crippen MR) is 177 cm³/mol. The summed E-state index contributed by atoms with van der Waals surface area (Å²) in [6.45, 7) is 33.3. The summed E-state index contributed by atoms with van der Waals surface area (Å²) in [6, 6.07) is 0. The normalized spacial score (nSPS) is 13.8. The van der Waals surface area contributed by atoms with Crippen LogP contribution in [0.4, 0.5) is 0 Å². The summed E-state index contributed by atoms with van der Waals surface area (Å²) in [5, 5.41) is 0. The van der Waals surface area contributed by atoms with Crippen molar-refractivity contribution in [3.63, 3.8) is 0 Å². The standard InChI is InChI=1S/C12H29O7Si2.C9H22O4Si.2C3H7O.Al/c1-9(2)15-20(13,16-10(3)4)19-21(14,17-11(5)6)18-12(7)8;1-7(2)11-14(10,12-8(3)4)13-9(5)6;2*1-3(2)4;/h9-13H,1-8H3;7-10H,1-6H3;2*3H,1-2H3;/q-1;;2*-1;+2/p+1. The maximum atomic E-state index is 11.2. The average Bonchev–Trinajstić information content (AvgIpc) is 2.67. The van der Waals surface area contributed by atoms with Crippen molar-refractivity contribution in [1.29, 1.82) is 0 Å². The molecule has 0 spiro atoms. The summed E-state index contributed by atoms with van der Waals surface area (Å²) in [4.78, 5) is 19.2. The van der Waals surface area contributed by atoms with E-state index in [0.717, 1.165) is 0 Å². The van der Waals surface area contributed by atoms with Gasteiger partial charge in [0.25, 0.3) is 0 Å². The molecule has 0 aromatic rings. The van der Waals surface area contributed by atoms with E-state index in [1.165, 1.54) is 0 Å². The van der Waals surface area contributed by atoms with Crippen LogP contribution in [0.3, 0.4) is 0 Å². The van der Waals surface area contributed by atoms with Gasteiger partial charge in [0.2, 0.25) is 0 Å². The predicted octanol–water partition coefficient (Wildman–Crippen LogP) is 4.84. The molecule has 0 aliphatic heterocycles. The van der Waals surface area contributed by atoms with E-state index in [0.29, 0.717) is 0 Å². The Balaban J connectivity index is 0. The maximum absolute atomic E-state index is 11.2. The molecular formula is C27H66AlO13Si3. The summed E-state index contributed by atoms with van der Waals surface area (Å²) in [7, 11) is -11.4. The van der Waals surface area contributed by atoms with E-state index in [1.807, 2.05) is 96.9 Å². The molecule has 0 aliphatic carbocycles. The van der Waals surface area contributed by atoms with Gasteiger partial charge in [-0.25, -0.2) is 0 Å². The van der Waals surface area contributed by atoms with E-state index >= 15 is 0 Å². The van der Waals surface area contributed by atoms with E-state index in [9.17, 15) is 4.80 Å². The molecular weight excluding hydrogens is 644 g/mol. The fourth-order valence-corrected chi connectivity index (χ4v) is 13.2. The maximum Gasteiger partial charge on any atom is 0.909 e. The molecule has 0 atom stereocenters. The van der Waals surface area contributed by atoms with Gasteiger partial charge in [0.05, 0.1) is 18.3 Å². The van der Waals surface area contributed by atoms with Crippen LogP contribution in [0.2, 0.25) is 0 Å². The second-order valence-corrected chi connectivity index (χ2v) is 20.3. The Hall–Kier alpha value is 0.663. The van der Waals surface area contributed by atoms with E-state index in [4.69, 9.17) is 50.9 Å². The minimum atomic E-state index is -4.19. The van der Waals surface area contributed by atoms with Gasteiger partial charge in [0.1, 0.15) is 0 Å². The second-order valence-electron chi connectivity index (χ2n) is 12.6. The quantitative estimate of drug-likeness (QED) is 0.121. The van der Waals surface area contributed by atoms with Crippen LogP contribution in [0, 0.1) is 0 Å². The van der Waals surface area contributed by atoms with Gasteiger partial charge >= 0.3 is 42.3 Å². The first kappa shape index (κ1) is 46.8. The first-order valence-electron chi connectivity index (χ1n) is 15.7. The molecule has 0 aromatic carbocycles. The third-order valence-electron chi connectivity index (χ3n) is 3.96. The molecule has 0 aromatic heterocycles. The molecule has 1 radical (unpaired) electrons. The fourth-order valence-electron chi connectivity index (χ4n) is 3.23. The summed E-state index contributed by atoms with van der Waals surface area (Å²) < 4.78 is 63.8. The summed E-state index contributed by atoms with van der Waals surface area (Å²) in [5.41, 5.74) is 0. The van der Waals surface area contributed by atoms with Crippen LogP contribution in [0.25, 0.3) is 0 Å². The molecule has 0 saturated carbocycles. The van der Waals surface area contributed by atoms with E-state index < -0.39 is 42.3 Å².